The number of benzene rings is 2. The van der Waals surface area contributed by atoms with Gasteiger partial charge in [-0.25, -0.2) is 4.79 Å². The lowest BCUT2D eigenvalue weighted by Gasteiger charge is -2.13. The molecule has 4 rings (SSSR count). The number of imide groups is 1. The summed E-state index contributed by atoms with van der Waals surface area (Å²) >= 11 is 0. The van der Waals surface area contributed by atoms with Crippen molar-refractivity contribution in [2.24, 2.45) is 0 Å². The molecule has 130 valence electrons. The van der Waals surface area contributed by atoms with Crippen LogP contribution in [0.1, 0.15) is 20.7 Å². The van der Waals surface area contributed by atoms with E-state index < -0.39 is 28.2 Å². The number of nitrogens with zero attached hydrogens (tertiary/aromatic N) is 3. The molecule has 0 fully saturated rings. The monoisotopic (exact) mass is 353 g/mol. The highest BCUT2D eigenvalue weighted by atomic mass is 16.6. The minimum absolute atomic E-state index is 0.00593. The van der Waals surface area contributed by atoms with Crippen LogP contribution in [0, 0.1) is 10.1 Å². The van der Waals surface area contributed by atoms with Crippen molar-refractivity contribution in [1.29, 1.82) is 0 Å². The van der Waals surface area contributed by atoms with E-state index in [0.29, 0.717) is 11.1 Å². The second-order valence-corrected chi connectivity index (χ2v) is 5.71. The second-order valence-electron chi connectivity index (χ2n) is 5.71. The first-order chi connectivity index (χ1) is 12.5. The Balaban J connectivity index is 1.66. The molecule has 3 aromatic rings. The van der Waals surface area contributed by atoms with E-state index in [1.807, 2.05) is 0 Å². The number of carbonyl (C=O) groups is 2. The Kier molecular flexibility index (Phi) is 3.43. The van der Waals surface area contributed by atoms with Crippen LogP contribution in [-0.4, -0.2) is 32.7 Å². The highest BCUT2D eigenvalue weighted by Crippen LogP contribution is 2.30. The van der Waals surface area contributed by atoms with Crippen LogP contribution in [0.4, 0.5) is 5.69 Å². The Morgan fingerprint density at radius 2 is 1.73 bits per heavy atom. The van der Waals surface area contributed by atoms with E-state index in [0.717, 1.165) is 4.90 Å². The SMILES string of the molecule is O=C1c2cccc([N+](=O)[O-])c2C(=O)N1CCn1c(=O)oc2ccccc21. The van der Waals surface area contributed by atoms with Crippen molar-refractivity contribution in [3.63, 3.8) is 0 Å². The van der Waals surface area contributed by atoms with E-state index in [4.69, 9.17) is 4.42 Å². The molecule has 1 aromatic heterocycles. The van der Waals surface area contributed by atoms with Gasteiger partial charge in [-0.15, -0.1) is 0 Å². The number of amides is 2. The average molecular weight is 353 g/mol. The minimum Gasteiger partial charge on any atom is -0.408 e. The van der Waals surface area contributed by atoms with Crippen molar-refractivity contribution in [1.82, 2.24) is 9.47 Å². The van der Waals surface area contributed by atoms with Crippen LogP contribution in [0.15, 0.2) is 51.7 Å². The van der Waals surface area contributed by atoms with Crippen LogP contribution in [0.2, 0.25) is 0 Å². The molecule has 1 aliphatic rings. The predicted molar refractivity (Wildman–Crippen MR) is 88.9 cm³/mol. The molecule has 0 radical (unpaired) electrons. The van der Waals surface area contributed by atoms with Crippen LogP contribution in [0.5, 0.6) is 0 Å². The Morgan fingerprint density at radius 3 is 2.50 bits per heavy atom. The molecule has 2 aromatic carbocycles. The molecule has 0 aliphatic carbocycles. The van der Waals surface area contributed by atoms with E-state index in [1.54, 1.807) is 24.3 Å². The number of fused-ring (bicyclic) bond motifs is 2. The molecular weight excluding hydrogens is 342 g/mol. The highest BCUT2D eigenvalue weighted by Gasteiger charge is 2.40. The third-order valence-electron chi connectivity index (χ3n) is 4.29. The van der Waals surface area contributed by atoms with Gasteiger partial charge in [0.15, 0.2) is 5.58 Å². The first-order valence-electron chi connectivity index (χ1n) is 7.71. The molecule has 0 saturated heterocycles. The number of nitro groups is 1. The lowest BCUT2D eigenvalue weighted by molar-refractivity contribution is -0.385. The van der Waals surface area contributed by atoms with Gasteiger partial charge in [-0.1, -0.05) is 18.2 Å². The van der Waals surface area contributed by atoms with Crippen LogP contribution in [0.25, 0.3) is 11.1 Å². The Hall–Kier alpha value is -3.75. The fourth-order valence-electron chi connectivity index (χ4n) is 3.10. The highest BCUT2D eigenvalue weighted by molar-refractivity contribution is 6.23. The summed E-state index contributed by atoms with van der Waals surface area (Å²) in [6.45, 7) is -0.0813. The first kappa shape index (κ1) is 15.8. The van der Waals surface area contributed by atoms with Crippen molar-refractivity contribution in [3.8, 4) is 0 Å². The largest absolute Gasteiger partial charge is 0.420 e. The zero-order valence-corrected chi connectivity index (χ0v) is 13.2. The zero-order valence-electron chi connectivity index (χ0n) is 13.2. The Labute approximate surface area is 145 Å². The summed E-state index contributed by atoms with van der Waals surface area (Å²) in [5, 5.41) is 11.1. The van der Waals surface area contributed by atoms with Crippen molar-refractivity contribution in [3.05, 3.63) is 74.3 Å². The summed E-state index contributed by atoms with van der Waals surface area (Å²) in [5.74, 6) is -1.96. The average Bonchev–Trinajstić information content (AvgIpc) is 3.07. The van der Waals surface area contributed by atoms with E-state index in [9.17, 15) is 24.5 Å². The number of hydrogen-bond donors (Lipinski definition) is 0. The number of nitro benzene ring substituents is 1. The lowest BCUT2D eigenvalue weighted by Crippen LogP contribution is -2.34. The molecule has 0 bridgehead atoms. The van der Waals surface area contributed by atoms with E-state index in [1.165, 1.54) is 22.8 Å². The topological polar surface area (TPSA) is 116 Å². The van der Waals surface area contributed by atoms with Crippen LogP contribution < -0.4 is 5.76 Å². The molecule has 9 nitrogen and oxygen atoms in total. The maximum absolute atomic E-state index is 12.5. The summed E-state index contributed by atoms with van der Waals surface area (Å²) in [7, 11) is 0. The number of para-hydroxylation sites is 2. The molecule has 0 saturated carbocycles. The summed E-state index contributed by atoms with van der Waals surface area (Å²) in [5.41, 5.74) is 0.311. The predicted octanol–water partition coefficient (Wildman–Crippen LogP) is 1.80. The maximum atomic E-state index is 12.5. The van der Waals surface area contributed by atoms with Gasteiger partial charge in [0, 0.05) is 19.2 Å². The second kappa shape index (κ2) is 5.66. The zero-order chi connectivity index (χ0) is 18.4. The Bertz CT molecular complexity index is 1140. The van der Waals surface area contributed by atoms with Crippen molar-refractivity contribution < 1.29 is 18.9 Å². The normalized spacial score (nSPS) is 13.5. The van der Waals surface area contributed by atoms with Gasteiger partial charge in [0.05, 0.1) is 16.0 Å². The molecular formula is C17H11N3O6. The lowest BCUT2D eigenvalue weighted by atomic mass is 10.1. The van der Waals surface area contributed by atoms with Gasteiger partial charge in [0.25, 0.3) is 17.5 Å². The van der Waals surface area contributed by atoms with E-state index in [2.05, 4.69) is 0 Å². The summed E-state index contributed by atoms with van der Waals surface area (Å²) in [4.78, 5) is 48.3. The summed E-state index contributed by atoms with van der Waals surface area (Å²) in [6.07, 6.45) is 0. The molecule has 9 heteroatoms. The quantitative estimate of drug-likeness (QED) is 0.401. The van der Waals surface area contributed by atoms with Crippen molar-refractivity contribution >= 4 is 28.6 Å². The number of hydrogen-bond acceptors (Lipinski definition) is 6. The van der Waals surface area contributed by atoms with Gasteiger partial charge < -0.3 is 4.42 Å². The van der Waals surface area contributed by atoms with Crippen LogP contribution in [-0.2, 0) is 6.54 Å². The molecule has 0 atom stereocenters. The van der Waals surface area contributed by atoms with E-state index >= 15 is 0 Å². The summed E-state index contributed by atoms with van der Waals surface area (Å²) in [6, 6.07) is 10.7. The smallest absolute Gasteiger partial charge is 0.408 e. The Morgan fingerprint density at radius 1 is 0.962 bits per heavy atom. The fourth-order valence-corrected chi connectivity index (χ4v) is 3.10. The van der Waals surface area contributed by atoms with Gasteiger partial charge in [0.2, 0.25) is 0 Å². The summed E-state index contributed by atoms with van der Waals surface area (Å²) < 4.78 is 6.42. The van der Waals surface area contributed by atoms with Crippen LogP contribution >= 0.6 is 0 Å². The molecule has 2 amide bonds. The maximum Gasteiger partial charge on any atom is 0.420 e. The molecule has 0 unspecified atom stereocenters. The number of carbonyl (C=O) groups excluding carboxylic acids is 2. The molecule has 26 heavy (non-hydrogen) atoms. The third kappa shape index (κ3) is 2.21. The van der Waals surface area contributed by atoms with Crippen molar-refractivity contribution in [2.75, 3.05) is 6.54 Å². The number of oxazole rings is 1. The van der Waals surface area contributed by atoms with E-state index in [-0.39, 0.29) is 24.2 Å². The number of rotatable bonds is 4. The minimum atomic E-state index is -0.738. The fraction of sp³-hybridized carbons (Fsp3) is 0.118. The third-order valence-corrected chi connectivity index (χ3v) is 4.29. The first-order valence-corrected chi connectivity index (χ1v) is 7.71. The molecule has 0 N–H and O–H groups in total. The van der Waals surface area contributed by atoms with Gasteiger partial charge in [-0.3, -0.25) is 29.2 Å². The molecule has 2 heterocycles. The van der Waals surface area contributed by atoms with Gasteiger partial charge in [-0.05, 0) is 18.2 Å². The molecule has 1 aliphatic heterocycles. The van der Waals surface area contributed by atoms with Crippen LogP contribution in [0.3, 0.4) is 0 Å². The van der Waals surface area contributed by atoms with Gasteiger partial charge >= 0.3 is 5.76 Å². The van der Waals surface area contributed by atoms with Gasteiger partial charge in [-0.2, -0.15) is 0 Å². The number of aromatic nitrogens is 1. The molecule has 0 spiro atoms. The van der Waals surface area contributed by atoms with Gasteiger partial charge in [0.1, 0.15) is 5.56 Å². The standard InChI is InChI=1S/C17H11N3O6/c21-15-10-4-3-6-12(20(24)25)14(10)16(22)19(15)9-8-18-11-5-1-2-7-13(11)26-17(18)23/h1-7H,8-9H2. The van der Waals surface area contributed by atoms with Crippen molar-refractivity contribution in [2.45, 2.75) is 6.54 Å².